The summed E-state index contributed by atoms with van der Waals surface area (Å²) >= 11 is 0. The van der Waals surface area contributed by atoms with Crippen molar-refractivity contribution in [1.82, 2.24) is 5.32 Å². The van der Waals surface area contributed by atoms with E-state index in [-0.39, 0.29) is 17.5 Å². The molecular formula is C12H14FNO. The van der Waals surface area contributed by atoms with Crippen molar-refractivity contribution in [2.24, 2.45) is 5.92 Å². The molecule has 1 aromatic rings. The van der Waals surface area contributed by atoms with Crippen LogP contribution in [0.2, 0.25) is 0 Å². The van der Waals surface area contributed by atoms with Gasteiger partial charge in [-0.1, -0.05) is 0 Å². The zero-order valence-electron chi connectivity index (χ0n) is 8.72. The highest BCUT2D eigenvalue weighted by Gasteiger charge is 2.23. The molecule has 1 atom stereocenters. The van der Waals surface area contributed by atoms with Crippen LogP contribution in [0.15, 0.2) is 18.2 Å². The molecule has 1 aromatic carbocycles. The van der Waals surface area contributed by atoms with Gasteiger partial charge >= 0.3 is 0 Å². The first kappa shape index (κ1) is 10.3. The van der Waals surface area contributed by atoms with Gasteiger partial charge in [-0.05, 0) is 43.7 Å². The maximum atomic E-state index is 13.1. The number of Topliss-reactive ketones (excluding diaryl/α,β-unsaturated/α-hetero) is 1. The lowest BCUT2D eigenvalue weighted by Gasteiger charge is -2.07. The van der Waals surface area contributed by atoms with Crippen LogP contribution in [-0.2, 0) is 0 Å². The van der Waals surface area contributed by atoms with Crippen molar-refractivity contribution < 1.29 is 9.18 Å². The third-order valence-corrected chi connectivity index (χ3v) is 2.76. The third-order valence-electron chi connectivity index (χ3n) is 2.76. The fraction of sp³-hybridized carbons (Fsp3) is 0.417. The predicted molar refractivity (Wildman–Crippen MR) is 56.4 cm³/mol. The van der Waals surface area contributed by atoms with Crippen molar-refractivity contribution in [3.05, 3.63) is 35.1 Å². The first-order chi connectivity index (χ1) is 7.16. The van der Waals surface area contributed by atoms with E-state index in [1.54, 1.807) is 13.0 Å². The van der Waals surface area contributed by atoms with Crippen LogP contribution < -0.4 is 5.32 Å². The molecule has 3 heteroatoms. The van der Waals surface area contributed by atoms with Crippen molar-refractivity contribution in [2.45, 2.75) is 13.3 Å². The normalized spacial score (nSPS) is 20.5. The van der Waals surface area contributed by atoms with Crippen molar-refractivity contribution in [3.63, 3.8) is 0 Å². The first-order valence-electron chi connectivity index (χ1n) is 5.19. The molecule has 1 saturated heterocycles. The van der Waals surface area contributed by atoms with E-state index in [1.807, 2.05) is 0 Å². The molecule has 1 unspecified atom stereocenters. The van der Waals surface area contributed by atoms with Gasteiger partial charge in [0, 0.05) is 18.0 Å². The van der Waals surface area contributed by atoms with Gasteiger partial charge in [-0.3, -0.25) is 4.79 Å². The minimum Gasteiger partial charge on any atom is -0.316 e. The monoisotopic (exact) mass is 207 g/mol. The Bertz CT molecular complexity index is 363. The Hall–Kier alpha value is -1.22. The van der Waals surface area contributed by atoms with E-state index in [0.29, 0.717) is 12.1 Å². The van der Waals surface area contributed by atoms with Gasteiger partial charge < -0.3 is 5.32 Å². The summed E-state index contributed by atoms with van der Waals surface area (Å²) in [5, 5.41) is 3.14. The van der Waals surface area contributed by atoms with Crippen molar-refractivity contribution >= 4 is 5.78 Å². The number of halogens is 1. The average Bonchev–Trinajstić information content (AvgIpc) is 2.67. The lowest BCUT2D eigenvalue weighted by atomic mass is 9.96. The third kappa shape index (κ3) is 2.23. The molecule has 1 aliphatic heterocycles. The number of carbonyl (C=O) groups is 1. The molecule has 80 valence electrons. The fourth-order valence-electron chi connectivity index (χ4n) is 1.99. The summed E-state index contributed by atoms with van der Waals surface area (Å²) in [5.41, 5.74) is 1.30. The Labute approximate surface area is 88.5 Å². The van der Waals surface area contributed by atoms with Gasteiger partial charge in [0.1, 0.15) is 5.82 Å². The number of hydrogen-bond donors (Lipinski definition) is 1. The summed E-state index contributed by atoms with van der Waals surface area (Å²) in [4.78, 5) is 11.9. The Kier molecular flexibility index (Phi) is 2.82. The Morgan fingerprint density at radius 1 is 1.47 bits per heavy atom. The summed E-state index contributed by atoms with van der Waals surface area (Å²) in [6, 6.07) is 4.51. The van der Waals surface area contributed by atoms with Crippen LogP contribution in [-0.4, -0.2) is 18.9 Å². The van der Waals surface area contributed by atoms with Crippen LogP contribution in [0.3, 0.4) is 0 Å². The molecule has 2 rings (SSSR count). The minimum atomic E-state index is -0.329. The fourth-order valence-corrected chi connectivity index (χ4v) is 1.99. The van der Waals surface area contributed by atoms with Crippen molar-refractivity contribution in [2.75, 3.05) is 13.1 Å². The Balaban J connectivity index is 2.24. The minimum absolute atomic E-state index is 0.0196. The van der Waals surface area contributed by atoms with Crippen LogP contribution in [0.4, 0.5) is 4.39 Å². The molecule has 0 saturated carbocycles. The predicted octanol–water partition coefficient (Wildman–Crippen LogP) is 1.93. The molecule has 0 amide bonds. The van der Waals surface area contributed by atoms with Gasteiger partial charge in [0.05, 0.1) is 0 Å². The van der Waals surface area contributed by atoms with E-state index in [0.717, 1.165) is 18.5 Å². The number of benzene rings is 1. The second kappa shape index (κ2) is 4.11. The molecule has 0 aliphatic carbocycles. The molecule has 1 aliphatic rings. The number of aryl methyl sites for hydroxylation is 1. The summed E-state index contributed by atoms with van der Waals surface area (Å²) in [5.74, 6) is -0.252. The molecule has 15 heavy (non-hydrogen) atoms. The molecule has 1 N–H and O–H groups in total. The number of hydrogen-bond acceptors (Lipinski definition) is 2. The second-order valence-electron chi connectivity index (χ2n) is 4.07. The highest BCUT2D eigenvalue weighted by molar-refractivity contribution is 5.98. The summed E-state index contributed by atoms with van der Waals surface area (Å²) < 4.78 is 13.1. The Morgan fingerprint density at radius 2 is 2.27 bits per heavy atom. The van der Waals surface area contributed by atoms with Crippen LogP contribution in [0.25, 0.3) is 0 Å². The van der Waals surface area contributed by atoms with Crippen LogP contribution >= 0.6 is 0 Å². The molecule has 1 heterocycles. The molecule has 2 nitrogen and oxygen atoms in total. The standard InChI is InChI=1S/C12H14FNO/c1-8-4-10(6-11(13)5-8)12(15)9-2-3-14-7-9/h4-6,9,14H,2-3,7H2,1H3. The molecule has 0 spiro atoms. The zero-order valence-corrected chi connectivity index (χ0v) is 8.72. The van der Waals surface area contributed by atoms with E-state index in [1.165, 1.54) is 12.1 Å². The highest BCUT2D eigenvalue weighted by atomic mass is 19.1. The molecule has 0 aromatic heterocycles. The molecule has 0 bridgehead atoms. The lowest BCUT2D eigenvalue weighted by Crippen LogP contribution is -2.18. The highest BCUT2D eigenvalue weighted by Crippen LogP contribution is 2.17. The SMILES string of the molecule is Cc1cc(F)cc(C(=O)C2CCNC2)c1. The number of nitrogens with one attached hydrogen (secondary N) is 1. The van der Waals surface area contributed by atoms with Crippen LogP contribution in [0, 0.1) is 18.7 Å². The molecular weight excluding hydrogens is 193 g/mol. The quantitative estimate of drug-likeness (QED) is 0.751. The summed E-state index contributed by atoms with van der Waals surface area (Å²) in [7, 11) is 0. The van der Waals surface area contributed by atoms with E-state index >= 15 is 0 Å². The van der Waals surface area contributed by atoms with Gasteiger partial charge in [-0.2, -0.15) is 0 Å². The average molecular weight is 207 g/mol. The zero-order chi connectivity index (χ0) is 10.8. The number of rotatable bonds is 2. The Morgan fingerprint density at radius 3 is 2.87 bits per heavy atom. The summed E-state index contributed by atoms with van der Waals surface area (Å²) in [6.45, 7) is 3.39. The van der Waals surface area contributed by atoms with Gasteiger partial charge in [0.2, 0.25) is 0 Å². The van der Waals surface area contributed by atoms with E-state index in [9.17, 15) is 9.18 Å². The van der Waals surface area contributed by atoms with Crippen molar-refractivity contribution in [3.8, 4) is 0 Å². The van der Waals surface area contributed by atoms with E-state index in [2.05, 4.69) is 5.32 Å². The van der Waals surface area contributed by atoms with E-state index < -0.39 is 0 Å². The maximum absolute atomic E-state index is 13.1. The van der Waals surface area contributed by atoms with E-state index in [4.69, 9.17) is 0 Å². The maximum Gasteiger partial charge on any atom is 0.167 e. The van der Waals surface area contributed by atoms with Crippen molar-refractivity contribution in [1.29, 1.82) is 0 Å². The second-order valence-corrected chi connectivity index (χ2v) is 4.07. The number of carbonyl (C=O) groups excluding carboxylic acids is 1. The van der Waals surface area contributed by atoms with Crippen LogP contribution in [0.1, 0.15) is 22.3 Å². The lowest BCUT2D eigenvalue weighted by molar-refractivity contribution is 0.0930. The molecule has 0 radical (unpaired) electrons. The first-order valence-corrected chi connectivity index (χ1v) is 5.19. The number of ketones is 1. The largest absolute Gasteiger partial charge is 0.316 e. The van der Waals surface area contributed by atoms with Gasteiger partial charge in [0.15, 0.2) is 5.78 Å². The topological polar surface area (TPSA) is 29.1 Å². The van der Waals surface area contributed by atoms with Gasteiger partial charge in [0.25, 0.3) is 0 Å². The summed E-state index contributed by atoms with van der Waals surface area (Å²) in [6.07, 6.45) is 0.856. The van der Waals surface area contributed by atoms with Gasteiger partial charge in [-0.15, -0.1) is 0 Å². The smallest absolute Gasteiger partial charge is 0.167 e. The van der Waals surface area contributed by atoms with Crippen LogP contribution in [0.5, 0.6) is 0 Å². The van der Waals surface area contributed by atoms with Gasteiger partial charge in [-0.25, -0.2) is 4.39 Å². The molecule has 1 fully saturated rings.